The predicted molar refractivity (Wildman–Crippen MR) is 157 cm³/mol. The summed E-state index contributed by atoms with van der Waals surface area (Å²) in [5.74, 6) is 0.117. The molecule has 0 aromatic heterocycles. The Hall–Kier alpha value is -0.240. The standard InChI is InChI=1S/C34H60O6/c1-5-9-17-25(7-3)23-35-27-29-31(39-33(37-29)19-13-11-14-20-33)28(36-24-26(8-4)18-10-6-2)32-30(27)38-34(40-32)21-15-12-16-22-34/h25-32H,5-24H2,1-4H3/t25?,26?,27?,28?,29-,30-,31-,32+/m0/s1. The summed E-state index contributed by atoms with van der Waals surface area (Å²) >= 11 is 0. The maximum absolute atomic E-state index is 7.00. The van der Waals surface area contributed by atoms with Crippen LogP contribution in [0.25, 0.3) is 0 Å². The average molecular weight is 565 g/mol. The highest BCUT2D eigenvalue weighted by Crippen LogP contribution is 2.52. The van der Waals surface area contributed by atoms with Gasteiger partial charge in [0.05, 0.1) is 13.2 Å². The topological polar surface area (TPSA) is 55.4 Å². The molecule has 0 N–H and O–H groups in total. The second-order valence-electron chi connectivity index (χ2n) is 13.7. The van der Waals surface area contributed by atoms with E-state index in [4.69, 9.17) is 28.4 Å². The molecule has 2 heterocycles. The molecule has 5 aliphatic rings. The van der Waals surface area contributed by atoms with E-state index in [-0.39, 0.29) is 36.6 Å². The molecule has 0 bridgehead atoms. The van der Waals surface area contributed by atoms with E-state index in [9.17, 15) is 0 Å². The number of hydrogen-bond donors (Lipinski definition) is 0. The first kappa shape index (κ1) is 31.2. The van der Waals surface area contributed by atoms with Gasteiger partial charge in [0.25, 0.3) is 0 Å². The van der Waals surface area contributed by atoms with Crippen LogP contribution in [0.1, 0.15) is 143 Å². The second kappa shape index (κ2) is 14.5. The third-order valence-electron chi connectivity index (χ3n) is 10.7. The van der Waals surface area contributed by atoms with E-state index in [1.54, 1.807) is 0 Å². The van der Waals surface area contributed by atoms with E-state index in [0.29, 0.717) is 11.8 Å². The van der Waals surface area contributed by atoms with Crippen molar-refractivity contribution in [2.75, 3.05) is 13.2 Å². The van der Waals surface area contributed by atoms with Crippen LogP contribution in [-0.4, -0.2) is 61.4 Å². The van der Waals surface area contributed by atoms with Gasteiger partial charge in [-0.25, -0.2) is 0 Å². The van der Waals surface area contributed by atoms with E-state index >= 15 is 0 Å². The van der Waals surface area contributed by atoms with Crippen molar-refractivity contribution in [1.29, 1.82) is 0 Å². The molecule has 2 saturated heterocycles. The van der Waals surface area contributed by atoms with Crippen LogP contribution in [0, 0.1) is 11.8 Å². The predicted octanol–water partition coefficient (Wildman–Crippen LogP) is 8.09. The molecule has 6 nitrogen and oxygen atoms in total. The minimum atomic E-state index is -0.503. The Morgan fingerprint density at radius 2 is 0.900 bits per heavy atom. The van der Waals surface area contributed by atoms with E-state index in [1.807, 2.05) is 0 Å². The van der Waals surface area contributed by atoms with Crippen LogP contribution in [0.2, 0.25) is 0 Å². The van der Waals surface area contributed by atoms with Crippen molar-refractivity contribution < 1.29 is 28.4 Å². The Labute approximate surface area is 244 Å². The van der Waals surface area contributed by atoms with Crippen LogP contribution in [0.4, 0.5) is 0 Å². The van der Waals surface area contributed by atoms with Gasteiger partial charge in [0.1, 0.15) is 36.6 Å². The zero-order valence-corrected chi connectivity index (χ0v) is 26.2. The van der Waals surface area contributed by atoms with Gasteiger partial charge >= 0.3 is 0 Å². The van der Waals surface area contributed by atoms with Gasteiger partial charge in [-0.05, 0) is 50.4 Å². The van der Waals surface area contributed by atoms with E-state index in [1.165, 1.54) is 51.4 Å². The lowest BCUT2D eigenvalue weighted by Gasteiger charge is -2.43. The summed E-state index contributed by atoms with van der Waals surface area (Å²) < 4.78 is 41.8. The summed E-state index contributed by atoms with van der Waals surface area (Å²) in [5, 5.41) is 0. The summed E-state index contributed by atoms with van der Waals surface area (Å²) in [7, 11) is 0. The lowest BCUT2D eigenvalue weighted by molar-refractivity contribution is -0.229. The molecular weight excluding hydrogens is 504 g/mol. The monoisotopic (exact) mass is 564 g/mol. The van der Waals surface area contributed by atoms with Gasteiger partial charge < -0.3 is 28.4 Å². The minimum Gasteiger partial charge on any atom is -0.372 e. The van der Waals surface area contributed by atoms with Crippen molar-refractivity contribution in [3.05, 3.63) is 0 Å². The first-order valence-corrected chi connectivity index (χ1v) is 17.5. The van der Waals surface area contributed by atoms with Crippen LogP contribution < -0.4 is 0 Å². The fraction of sp³-hybridized carbons (Fsp3) is 1.00. The molecule has 3 saturated carbocycles. The molecule has 40 heavy (non-hydrogen) atoms. The molecule has 0 radical (unpaired) electrons. The molecule has 0 amide bonds. The highest BCUT2D eigenvalue weighted by atomic mass is 16.8. The molecule has 0 aromatic carbocycles. The van der Waals surface area contributed by atoms with Crippen molar-refractivity contribution in [3.63, 3.8) is 0 Å². The van der Waals surface area contributed by atoms with E-state index in [2.05, 4.69) is 27.7 Å². The van der Waals surface area contributed by atoms with Crippen LogP contribution in [0.5, 0.6) is 0 Å². The SMILES string of the molecule is CCCCC(CC)COC1[C@H]2OC3(CCCCC3)O[C@H]2C(OCC(CC)CCCC)[C@@H]2OC3(CCCCC3)O[C@@H]12. The Morgan fingerprint density at radius 3 is 1.20 bits per heavy atom. The van der Waals surface area contributed by atoms with E-state index < -0.39 is 11.6 Å². The summed E-state index contributed by atoms with van der Waals surface area (Å²) in [4.78, 5) is 0. The van der Waals surface area contributed by atoms with Crippen molar-refractivity contribution in [1.82, 2.24) is 0 Å². The van der Waals surface area contributed by atoms with Crippen LogP contribution in [0.15, 0.2) is 0 Å². The molecule has 232 valence electrons. The first-order chi connectivity index (χ1) is 19.6. The van der Waals surface area contributed by atoms with Crippen molar-refractivity contribution >= 4 is 0 Å². The zero-order chi connectivity index (χ0) is 28.0. The van der Waals surface area contributed by atoms with Gasteiger partial charge in [0.15, 0.2) is 11.6 Å². The zero-order valence-electron chi connectivity index (χ0n) is 26.2. The minimum absolute atomic E-state index is 0.175. The molecule has 4 unspecified atom stereocenters. The average Bonchev–Trinajstić information content (AvgIpc) is 3.52. The third-order valence-corrected chi connectivity index (χ3v) is 10.7. The maximum atomic E-state index is 7.00. The Bertz CT molecular complexity index is 657. The molecule has 2 spiro atoms. The first-order valence-electron chi connectivity index (χ1n) is 17.5. The summed E-state index contributed by atoms with van der Waals surface area (Å²) in [5.41, 5.74) is 0. The largest absolute Gasteiger partial charge is 0.372 e. The number of unbranched alkanes of at least 4 members (excludes halogenated alkanes) is 2. The van der Waals surface area contributed by atoms with Crippen LogP contribution in [0.3, 0.4) is 0 Å². The second-order valence-corrected chi connectivity index (χ2v) is 13.7. The lowest BCUT2D eigenvalue weighted by atomic mass is 9.84. The highest BCUT2D eigenvalue weighted by Gasteiger charge is 2.66. The Balaban J connectivity index is 1.40. The highest BCUT2D eigenvalue weighted by molar-refractivity contribution is 5.11. The summed E-state index contributed by atoms with van der Waals surface area (Å²) in [6.45, 7) is 10.6. The number of hydrogen-bond acceptors (Lipinski definition) is 6. The molecule has 0 aromatic rings. The quantitative estimate of drug-likeness (QED) is 0.212. The number of fused-ring (bicyclic) bond motifs is 2. The van der Waals surface area contributed by atoms with Crippen molar-refractivity contribution in [2.24, 2.45) is 11.8 Å². The molecule has 5 fully saturated rings. The molecule has 8 atom stereocenters. The molecule has 5 rings (SSSR count). The van der Waals surface area contributed by atoms with Gasteiger partial charge in [0.2, 0.25) is 0 Å². The fourth-order valence-corrected chi connectivity index (χ4v) is 8.03. The van der Waals surface area contributed by atoms with Crippen LogP contribution in [-0.2, 0) is 28.4 Å². The molecule has 3 aliphatic carbocycles. The molecule has 6 heteroatoms. The normalized spacial score (nSPS) is 36.0. The molecule has 2 aliphatic heterocycles. The summed E-state index contributed by atoms with van der Waals surface area (Å²) in [6.07, 6.45) is 19.6. The molecular formula is C34H60O6. The number of ether oxygens (including phenoxy) is 6. The lowest BCUT2D eigenvalue weighted by Crippen LogP contribution is -2.63. The smallest absolute Gasteiger partial charge is 0.169 e. The number of rotatable bonds is 14. The Kier molecular flexibility index (Phi) is 11.3. The maximum Gasteiger partial charge on any atom is 0.169 e. The van der Waals surface area contributed by atoms with Crippen molar-refractivity contribution in [2.45, 2.75) is 191 Å². The van der Waals surface area contributed by atoms with Gasteiger partial charge in [-0.1, -0.05) is 79.1 Å². The van der Waals surface area contributed by atoms with Crippen LogP contribution >= 0.6 is 0 Å². The van der Waals surface area contributed by atoms with Gasteiger partial charge in [-0.3, -0.25) is 0 Å². The Morgan fingerprint density at radius 1 is 0.550 bits per heavy atom. The summed E-state index contributed by atoms with van der Waals surface area (Å²) in [6, 6.07) is 0. The van der Waals surface area contributed by atoms with Gasteiger partial charge in [0, 0.05) is 25.7 Å². The van der Waals surface area contributed by atoms with E-state index in [0.717, 1.165) is 77.4 Å². The third kappa shape index (κ3) is 6.94. The van der Waals surface area contributed by atoms with Gasteiger partial charge in [-0.2, -0.15) is 0 Å². The van der Waals surface area contributed by atoms with Crippen molar-refractivity contribution in [3.8, 4) is 0 Å². The van der Waals surface area contributed by atoms with Gasteiger partial charge in [-0.15, -0.1) is 0 Å². The fourth-order valence-electron chi connectivity index (χ4n) is 8.03.